The van der Waals surface area contributed by atoms with Gasteiger partial charge < -0.3 is 25.3 Å². The molecule has 0 saturated carbocycles. The number of fused-ring (bicyclic) bond motifs is 2. The highest BCUT2D eigenvalue weighted by Crippen LogP contribution is 2.45. The maximum Gasteiger partial charge on any atom is 0.203 e. The SMILES string of the molecule is CNc1ccc2c(cc1=O)C(N)Cc1cc(OC)c(OC)c(OC)c1C2. The zero-order valence-corrected chi connectivity index (χ0v) is 15.5. The lowest BCUT2D eigenvalue weighted by molar-refractivity contribution is 0.322. The summed E-state index contributed by atoms with van der Waals surface area (Å²) in [7, 11) is 6.53. The van der Waals surface area contributed by atoms with Crippen LogP contribution in [0.4, 0.5) is 5.69 Å². The van der Waals surface area contributed by atoms with Gasteiger partial charge in [-0.1, -0.05) is 6.07 Å². The number of methoxy groups -OCH3 is 3. The van der Waals surface area contributed by atoms with E-state index >= 15 is 0 Å². The Hall–Kier alpha value is -2.73. The van der Waals surface area contributed by atoms with E-state index in [4.69, 9.17) is 19.9 Å². The zero-order valence-electron chi connectivity index (χ0n) is 15.5. The summed E-state index contributed by atoms with van der Waals surface area (Å²) in [6.45, 7) is 0. The molecule has 3 rings (SSSR count). The van der Waals surface area contributed by atoms with Gasteiger partial charge in [0.2, 0.25) is 11.2 Å². The lowest BCUT2D eigenvalue weighted by atomic mass is 9.98. The highest BCUT2D eigenvalue weighted by Gasteiger charge is 2.26. The average molecular weight is 356 g/mol. The van der Waals surface area contributed by atoms with Crippen LogP contribution in [0.15, 0.2) is 29.1 Å². The number of ether oxygens (including phenoxy) is 3. The maximum absolute atomic E-state index is 12.4. The van der Waals surface area contributed by atoms with Crippen molar-refractivity contribution in [2.45, 2.75) is 18.9 Å². The molecule has 1 unspecified atom stereocenters. The molecule has 0 radical (unpaired) electrons. The second kappa shape index (κ2) is 7.25. The minimum Gasteiger partial charge on any atom is -0.493 e. The van der Waals surface area contributed by atoms with E-state index in [2.05, 4.69) is 5.32 Å². The van der Waals surface area contributed by atoms with Crippen molar-refractivity contribution >= 4 is 5.69 Å². The standard InChI is InChI=1S/C20H24N2O4/c1-22-16-6-5-11-7-14-12(8-15(21)13(11)10-17(16)23)9-18(24-2)20(26-4)19(14)25-3/h5-6,9-10,15H,7-8,21H2,1-4H3,(H,22,23). The molecule has 1 aliphatic rings. The van der Waals surface area contributed by atoms with Gasteiger partial charge in [0.1, 0.15) is 0 Å². The molecule has 0 bridgehead atoms. The topological polar surface area (TPSA) is 82.8 Å². The minimum absolute atomic E-state index is 0.0720. The van der Waals surface area contributed by atoms with Crippen LogP contribution in [-0.2, 0) is 12.8 Å². The molecule has 138 valence electrons. The van der Waals surface area contributed by atoms with Crippen LogP contribution in [0.2, 0.25) is 0 Å². The van der Waals surface area contributed by atoms with E-state index in [-0.39, 0.29) is 11.5 Å². The van der Waals surface area contributed by atoms with E-state index in [1.807, 2.05) is 12.1 Å². The van der Waals surface area contributed by atoms with Crippen LogP contribution in [0, 0.1) is 0 Å². The summed E-state index contributed by atoms with van der Waals surface area (Å²) in [6, 6.07) is 7.04. The number of nitrogens with two attached hydrogens (primary N) is 1. The molecule has 6 heteroatoms. The zero-order chi connectivity index (χ0) is 18.8. The Morgan fingerprint density at radius 3 is 2.38 bits per heavy atom. The van der Waals surface area contributed by atoms with Gasteiger partial charge in [-0.3, -0.25) is 4.79 Å². The van der Waals surface area contributed by atoms with Crippen LogP contribution < -0.4 is 30.7 Å². The molecule has 26 heavy (non-hydrogen) atoms. The van der Waals surface area contributed by atoms with Gasteiger partial charge in [-0.15, -0.1) is 0 Å². The Kier molecular flexibility index (Phi) is 5.04. The van der Waals surface area contributed by atoms with E-state index in [1.165, 1.54) is 0 Å². The number of rotatable bonds is 4. The molecule has 2 aromatic rings. The third-order valence-corrected chi connectivity index (χ3v) is 4.88. The smallest absolute Gasteiger partial charge is 0.203 e. The molecule has 0 spiro atoms. The fourth-order valence-corrected chi connectivity index (χ4v) is 3.57. The summed E-state index contributed by atoms with van der Waals surface area (Å²) >= 11 is 0. The molecule has 6 nitrogen and oxygen atoms in total. The van der Waals surface area contributed by atoms with Crippen molar-refractivity contribution in [1.82, 2.24) is 0 Å². The van der Waals surface area contributed by atoms with Gasteiger partial charge in [-0.25, -0.2) is 0 Å². The summed E-state index contributed by atoms with van der Waals surface area (Å²) in [5.74, 6) is 1.81. The Bertz CT molecular complexity index is 896. The summed E-state index contributed by atoms with van der Waals surface area (Å²) in [5.41, 5.74) is 10.8. The van der Waals surface area contributed by atoms with Crippen molar-refractivity contribution in [2.24, 2.45) is 5.73 Å². The van der Waals surface area contributed by atoms with Gasteiger partial charge in [0.25, 0.3) is 0 Å². The molecular weight excluding hydrogens is 332 g/mol. The number of hydrogen-bond donors (Lipinski definition) is 2. The van der Waals surface area contributed by atoms with Gasteiger partial charge in [0.15, 0.2) is 11.5 Å². The number of anilines is 1. The summed E-state index contributed by atoms with van der Waals surface area (Å²) in [6.07, 6.45) is 1.18. The van der Waals surface area contributed by atoms with Crippen LogP contribution in [0.5, 0.6) is 17.2 Å². The second-order valence-corrected chi connectivity index (χ2v) is 6.26. The van der Waals surface area contributed by atoms with Crippen LogP contribution in [0.1, 0.15) is 28.3 Å². The summed E-state index contributed by atoms with van der Waals surface area (Å²) in [4.78, 5) is 12.4. The van der Waals surface area contributed by atoms with E-state index in [0.717, 1.165) is 22.3 Å². The molecule has 0 saturated heterocycles. The predicted molar refractivity (Wildman–Crippen MR) is 102 cm³/mol. The predicted octanol–water partition coefficient (Wildman–Crippen LogP) is 2.26. The fourth-order valence-electron chi connectivity index (χ4n) is 3.57. The highest BCUT2D eigenvalue weighted by atomic mass is 16.5. The fraction of sp³-hybridized carbons (Fsp3) is 0.350. The molecule has 0 amide bonds. The van der Waals surface area contributed by atoms with Crippen molar-refractivity contribution in [1.29, 1.82) is 0 Å². The van der Waals surface area contributed by atoms with Gasteiger partial charge >= 0.3 is 0 Å². The largest absolute Gasteiger partial charge is 0.493 e. The van der Waals surface area contributed by atoms with Crippen LogP contribution >= 0.6 is 0 Å². The normalized spacial score (nSPS) is 15.3. The Morgan fingerprint density at radius 2 is 1.77 bits per heavy atom. The quantitative estimate of drug-likeness (QED) is 0.874. The van der Waals surface area contributed by atoms with Gasteiger partial charge in [0.05, 0.1) is 27.0 Å². The van der Waals surface area contributed by atoms with E-state index in [1.54, 1.807) is 40.5 Å². The van der Waals surface area contributed by atoms with E-state index in [0.29, 0.717) is 35.8 Å². The van der Waals surface area contributed by atoms with Gasteiger partial charge in [-0.2, -0.15) is 0 Å². The Morgan fingerprint density at radius 1 is 1.04 bits per heavy atom. The monoisotopic (exact) mass is 356 g/mol. The van der Waals surface area contributed by atoms with Crippen molar-refractivity contribution < 1.29 is 14.2 Å². The Balaban J connectivity index is 2.26. The lowest BCUT2D eigenvalue weighted by Gasteiger charge is -2.19. The molecular formula is C20H24N2O4. The number of benzene rings is 1. The molecule has 0 fully saturated rings. The molecule has 1 atom stereocenters. The third-order valence-electron chi connectivity index (χ3n) is 4.88. The molecule has 1 aliphatic carbocycles. The number of nitrogens with one attached hydrogen (secondary N) is 1. The lowest BCUT2D eigenvalue weighted by Crippen LogP contribution is -2.15. The average Bonchev–Trinajstić information content (AvgIpc) is 2.87. The first-order valence-electron chi connectivity index (χ1n) is 8.45. The van der Waals surface area contributed by atoms with E-state index in [9.17, 15) is 4.79 Å². The van der Waals surface area contributed by atoms with Gasteiger partial charge in [0, 0.05) is 25.1 Å². The van der Waals surface area contributed by atoms with Crippen LogP contribution in [-0.4, -0.2) is 28.4 Å². The number of hydrogen-bond acceptors (Lipinski definition) is 6. The minimum atomic E-state index is -0.293. The second-order valence-electron chi connectivity index (χ2n) is 6.26. The third kappa shape index (κ3) is 2.97. The molecule has 0 aliphatic heterocycles. The van der Waals surface area contributed by atoms with Crippen molar-refractivity contribution in [3.63, 3.8) is 0 Å². The maximum atomic E-state index is 12.4. The molecule has 3 N–H and O–H groups in total. The van der Waals surface area contributed by atoms with E-state index < -0.39 is 0 Å². The Labute approximate surface area is 152 Å². The molecule has 0 aromatic heterocycles. The van der Waals surface area contributed by atoms with Crippen molar-refractivity contribution in [2.75, 3.05) is 33.7 Å². The van der Waals surface area contributed by atoms with Gasteiger partial charge in [-0.05, 0) is 41.3 Å². The first kappa shape index (κ1) is 18.1. The highest BCUT2D eigenvalue weighted by molar-refractivity contribution is 5.62. The first-order chi connectivity index (χ1) is 12.5. The van der Waals surface area contributed by atoms with Crippen LogP contribution in [0.3, 0.4) is 0 Å². The van der Waals surface area contributed by atoms with Crippen molar-refractivity contribution in [3.05, 3.63) is 56.7 Å². The first-order valence-corrected chi connectivity index (χ1v) is 8.45. The summed E-state index contributed by atoms with van der Waals surface area (Å²) in [5, 5.41) is 2.93. The van der Waals surface area contributed by atoms with Crippen molar-refractivity contribution in [3.8, 4) is 17.2 Å². The molecule has 0 heterocycles. The summed E-state index contributed by atoms with van der Waals surface area (Å²) < 4.78 is 16.6. The van der Waals surface area contributed by atoms with Crippen LogP contribution in [0.25, 0.3) is 0 Å². The molecule has 2 aromatic carbocycles.